The molecule has 5 nitrogen and oxygen atoms in total. The first-order chi connectivity index (χ1) is 9.21. The Labute approximate surface area is 117 Å². The van der Waals surface area contributed by atoms with E-state index in [-0.39, 0.29) is 6.04 Å². The number of hydrazine groups is 1. The summed E-state index contributed by atoms with van der Waals surface area (Å²) in [6.45, 7) is 4.89. The van der Waals surface area contributed by atoms with Crippen molar-refractivity contribution in [3.63, 3.8) is 0 Å². The predicted molar refractivity (Wildman–Crippen MR) is 74.8 cm³/mol. The third-order valence-electron chi connectivity index (χ3n) is 3.24. The van der Waals surface area contributed by atoms with E-state index in [2.05, 4.69) is 17.4 Å². The SMILES string of the molecule is CCc1nn(CC)c(CC(NN)c2ccoc2)c1Cl. The van der Waals surface area contributed by atoms with Crippen LogP contribution in [0.25, 0.3) is 0 Å². The van der Waals surface area contributed by atoms with Crippen LogP contribution in [0.15, 0.2) is 23.0 Å². The highest BCUT2D eigenvalue weighted by atomic mass is 35.5. The van der Waals surface area contributed by atoms with Crippen molar-refractivity contribution in [1.82, 2.24) is 15.2 Å². The quantitative estimate of drug-likeness (QED) is 0.631. The van der Waals surface area contributed by atoms with Crippen LogP contribution in [0.5, 0.6) is 0 Å². The zero-order valence-electron chi connectivity index (χ0n) is 11.2. The zero-order valence-corrected chi connectivity index (χ0v) is 11.9. The topological polar surface area (TPSA) is 69.0 Å². The minimum absolute atomic E-state index is 0.0389. The van der Waals surface area contributed by atoms with E-state index in [0.717, 1.165) is 34.9 Å². The number of furan rings is 1. The van der Waals surface area contributed by atoms with Gasteiger partial charge in [-0.1, -0.05) is 18.5 Å². The van der Waals surface area contributed by atoms with E-state index in [1.54, 1.807) is 12.5 Å². The molecule has 3 N–H and O–H groups in total. The summed E-state index contributed by atoms with van der Waals surface area (Å²) in [4.78, 5) is 0. The van der Waals surface area contributed by atoms with Crippen LogP contribution in [0.3, 0.4) is 0 Å². The first kappa shape index (κ1) is 14.1. The van der Waals surface area contributed by atoms with Gasteiger partial charge in [-0.05, 0) is 19.4 Å². The van der Waals surface area contributed by atoms with Crippen LogP contribution < -0.4 is 11.3 Å². The van der Waals surface area contributed by atoms with Crippen LogP contribution in [0.1, 0.15) is 36.8 Å². The van der Waals surface area contributed by atoms with E-state index in [4.69, 9.17) is 21.9 Å². The Kier molecular flexibility index (Phi) is 4.63. The highest BCUT2D eigenvalue weighted by Crippen LogP contribution is 2.26. The Balaban J connectivity index is 2.29. The first-order valence-electron chi connectivity index (χ1n) is 6.43. The van der Waals surface area contributed by atoms with Crippen LogP contribution in [0.4, 0.5) is 0 Å². The largest absolute Gasteiger partial charge is 0.472 e. The van der Waals surface area contributed by atoms with E-state index >= 15 is 0 Å². The van der Waals surface area contributed by atoms with Gasteiger partial charge in [-0.15, -0.1) is 0 Å². The molecule has 0 saturated carbocycles. The maximum absolute atomic E-state index is 6.40. The van der Waals surface area contributed by atoms with Gasteiger partial charge in [-0.3, -0.25) is 16.0 Å². The number of hydrogen-bond donors (Lipinski definition) is 2. The molecule has 2 aromatic heterocycles. The van der Waals surface area contributed by atoms with Gasteiger partial charge in [0.15, 0.2) is 0 Å². The molecular weight excluding hydrogens is 264 g/mol. The maximum atomic E-state index is 6.40. The molecule has 1 unspecified atom stereocenters. The minimum Gasteiger partial charge on any atom is -0.472 e. The minimum atomic E-state index is -0.0389. The first-order valence-corrected chi connectivity index (χ1v) is 6.81. The Morgan fingerprint density at radius 1 is 1.53 bits per heavy atom. The standard InChI is InChI=1S/C13H19ClN4O/c1-3-10-13(14)12(18(4-2)17-10)7-11(16-15)9-5-6-19-8-9/h5-6,8,11,16H,3-4,7,15H2,1-2H3. The molecule has 0 radical (unpaired) electrons. The highest BCUT2D eigenvalue weighted by Gasteiger charge is 2.19. The van der Waals surface area contributed by atoms with Gasteiger partial charge in [0, 0.05) is 18.5 Å². The molecule has 0 aromatic carbocycles. The molecule has 0 aliphatic heterocycles. The fraction of sp³-hybridized carbons (Fsp3) is 0.462. The van der Waals surface area contributed by atoms with E-state index < -0.39 is 0 Å². The predicted octanol–water partition coefficient (Wildman–Crippen LogP) is 2.46. The number of aryl methyl sites for hydroxylation is 2. The zero-order chi connectivity index (χ0) is 13.8. The van der Waals surface area contributed by atoms with E-state index in [1.165, 1.54) is 0 Å². The number of hydrogen-bond acceptors (Lipinski definition) is 4. The summed E-state index contributed by atoms with van der Waals surface area (Å²) in [5.41, 5.74) is 5.74. The van der Waals surface area contributed by atoms with Crippen molar-refractivity contribution in [2.24, 2.45) is 5.84 Å². The lowest BCUT2D eigenvalue weighted by Gasteiger charge is -2.15. The molecule has 0 aliphatic rings. The average molecular weight is 283 g/mol. The van der Waals surface area contributed by atoms with Gasteiger partial charge in [-0.25, -0.2) is 0 Å². The second-order valence-electron chi connectivity index (χ2n) is 4.36. The van der Waals surface area contributed by atoms with E-state index in [9.17, 15) is 0 Å². The summed E-state index contributed by atoms with van der Waals surface area (Å²) in [7, 11) is 0. The van der Waals surface area contributed by atoms with Crippen LogP contribution in [-0.4, -0.2) is 9.78 Å². The van der Waals surface area contributed by atoms with E-state index in [0.29, 0.717) is 6.42 Å². The van der Waals surface area contributed by atoms with E-state index in [1.807, 2.05) is 17.7 Å². The normalized spacial score (nSPS) is 12.8. The number of nitrogens with two attached hydrogens (primary N) is 1. The summed E-state index contributed by atoms with van der Waals surface area (Å²) < 4.78 is 7.03. The van der Waals surface area contributed by atoms with Gasteiger partial charge >= 0.3 is 0 Å². The summed E-state index contributed by atoms with van der Waals surface area (Å²) in [6, 6.07) is 1.86. The number of nitrogens with zero attached hydrogens (tertiary/aromatic N) is 2. The monoisotopic (exact) mass is 282 g/mol. The summed E-state index contributed by atoms with van der Waals surface area (Å²) in [6.07, 6.45) is 4.82. The molecule has 6 heteroatoms. The summed E-state index contributed by atoms with van der Waals surface area (Å²) >= 11 is 6.40. The summed E-state index contributed by atoms with van der Waals surface area (Å²) in [5.74, 6) is 5.63. The molecule has 0 fully saturated rings. The smallest absolute Gasteiger partial charge is 0.0951 e. The molecule has 2 aromatic rings. The van der Waals surface area contributed by atoms with Crippen LogP contribution in [0, 0.1) is 0 Å². The second kappa shape index (κ2) is 6.23. The maximum Gasteiger partial charge on any atom is 0.0951 e. The fourth-order valence-electron chi connectivity index (χ4n) is 2.15. The molecule has 2 heterocycles. The fourth-order valence-corrected chi connectivity index (χ4v) is 2.50. The van der Waals surface area contributed by atoms with Crippen molar-refractivity contribution in [3.05, 3.63) is 40.6 Å². The number of aromatic nitrogens is 2. The van der Waals surface area contributed by atoms with Gasteiger partial charge in [0.1, 0.15) is 0 Å². The van der Waals surface area contributed by atoms with Gasteiger partial charge in [0.05, 0.1) is 35.0 Å². The van der Waals surface area contributed by atoms with Crippen molar-refractivity contribution in [2.75, 3.05) is 0 Å². The molecular formula is C13H19ClN4O. The third-order valence-corrected chi connectivity index (χ3v) is 3.67. The molecule has 0 aliphatic carbocycles. The van der Waals surface area contributed by atoms with Gasteiger partial charge < -0.3 is 4.42 Å². The second-order valence-corrected chi connectivity index (χ2v) is 4.73. The molecule has 1 atom stereocenters. The molecule has 2 rings (SSSR count). The van der Waals surface area contributed by atoms with Crippen LogP contribution >= 0.6 is 11.6 Å². The van der Waals surface area contributed by atoms with Crippen molar-refractivity contribution in [2.45, 2.75) is 39.3 Å². The Morgan fingerprint density at radius 2 is 2.32 bits per heavy atom. The van der Waals surface area contributed by atoms with Gasteiger partial charge in [0.2, 0.25) is 0 Å². The van der Waals surface area contributed by atoms with Crippen molar-refractivity contribution in [1.29, 1.82) is 0 Å². The average Bonchev–Trinajstić information content (AvgIpc) is 3.04. The lowest BCUT2D eigenvalue weighted by molar-refractivity contribution is 0.504. The number of halogens is 1. The highest BCUT2D eigenvalue weighted by molar-refractivity contribution is 6.31. The van der Waals surface area contributed by atoms with Crippen LogP contribution in [0.2, 0.25) is 5.02 Å². The number of rotatable bonds is 6. The third kappa shape index (κ3) is 2.83. The Hall–Kier alpha value is -1.30. The lowest BCUT2D eigenvalue weighted by atomic mass is 10.1. The van der Waals surface area contributed by atoms with Crippen molar-refractivity contribution < 1.29 is 4.42 Å². The van der Waals surface area contributed by atoms with Crippen LogP contribution in [-0.2, 0) is 19.4 Å². The lowest BCUT2D eigenvalue weighted by Crippen LogP contribution is -2.30. The molecule has 104 valence electrons. The Morgan fingerprint density at radius 3 is 2.84 bits per heavy atom. The Bertz CT molecular complexity index is 521. The summed E-state index contributed by atoms with van der Waals surface area (Å²) in [5, 5.41) is 5.25. The van der Waals surface area contributed by atoms with Gasteiger partial charge in [0.25, 0.3) is 0 Å². The molecule has 19 heavy (non-hydrogen) atoms. The molecule has 0 bridgehead atoms. The van der Waals surface area contributed by atoms with Crippen molar-refractivity contribution >= 4 is 11.6 Å². The number of nitrogens with one attached hydrogen (secondary N) is 1. The van der Waals surface area contributed by atoms with Crippen molar-refractivity contribution in [3.8, 4) is 0 Å². The molecule has 0 amide bonds. The molecule has 0 saturated heterocycles. The molecule has 0 spiro atoms. The van der Waals surface area contributed by atoms with Gasteiger partial charge in [-0.2, -0.15) is 5.10 Å².